The fourth-order valence-corrected chi connectivity index (χ4v) is 1.62. The summed E-state index contributed by atoms with van der Waals surface area (Å²) in [7, 11) is 0. The average molecular weight is 219 g/mol. The molecule has 0 saturated carbocycles. The van der Waals surface area contributed by atoms with Crippen molar-refractivity contribution in [1.29, 1.82) is 0 Å². The van der Waals surface area contributed by atoms with E-state index in [0.717, 1.165) is 19.3 Å². The Morgan fingerprint density at radius 1 is 1.21 bits per heavy atom. The molecular formula is C12H23ClO. The maximum absolute atomic E-state index is 9.59. The molecule has 0 aromatic carbocycles. The largest absolute Gasteiger partial charge is 0.388 e. The summed E-state index contributed by atoms with van der Waals surface area (Å²) in [6.45, 7) is 4.27. The SMILES string of the molecule is CCCCC/C=C/[C@H](O)[C@H](Cl)CCC. The zero-order valence-corrected chi connectivity index (χ0v) is 10.1. The van der Waals surface area contributed by atoms with Gasteiger partial charge in [-0.1, -0.05) is 45.3 Å². The molecule has 0 rings (SSSR count). The van der Waals surface area contributed by atoms with E-state index in [9.17, 15) is 5.11 Å². The van der Waals surface area contributed by atoms with Gasteiger partial charge in [-0.2, -0.15) is 0 Å². The van der Waals surface area contributed by atoms with E-state index >= 15 is 0 Å². The van der Waals surface area contributed by atoms with Crippen molar-refractivity contribution < 1.29 is 5.11 Å². The van der Waals surface area contributed by atoms with Crippen LogP contribution in [0.2, 0.25) is 0 Å². The molecular weight excluding hydrogens is 196 g/mol. The van der Waals surface area contributed by atoms with E-state index in [0.29, 0.717) is 0 Å². The molecule has 0 aliphatic rings. The normalized spacial score (nSPS) is 16.0. The van der Waals surface area contributed by atoms with Crippen LogP contribution in [0.25, 0.3) is 0 Å². The number of rotatable bonds is 8. The van der Waals surface area contributed by atoms with Gasteiger partial charge >= 0.3 is 0 Å². The van der Waals surface area contributed by atoms with Gasteiger partial charge in [-0.3, -0.25) is 0 Å². The van der Waals surface area contributed by atoms with Crippen LogP contribution >= 0.6 is 11.6 Å². The van der Waals surface area contributed by atoms with Crippen molar-refractivity contribution in [3.63, 3.8) is 0 Å². The Morgan fingerprint density at radius 2 is 1.93 bits per heavy atom. The maximum atomic E-state index is 9.59. The van der Waals surface area contributed by atoms with E-state index in [1.54, 1.807) is 0 Å². The minimum absolute atomic E-state index is 0.123. The summed E-state index contributed by atoms with van der Waals surface area (Å²) in [4.78, 5) is 0. The minimum atomic E-state index is -0.474. The highest BCUT2D eigenvalue weighted by atomic mass is 35.5. The summed E-state index contributed by atoms with van der Waals surface area (Å²) in [5.41, 5.74) is 0. The first-order valence-electron chi connectivity index (χ1n) is 5.71. The first-order chi connectivity index (χ1) is 6.72. The minimum Gasteiger partial charge on any atom is -0.388 e. The standard InChI is InChI=1S/C12H23ClO/c1-3-5-6-7-8-10-12(14)11(13)9-4-2/h8,10-12,14H,3-7,9H2,1-2H3/b10-8+/t11-,12+/m1/s1. The van der Waals surface area contributed by atoms with E-state index in [2.05, 4.69) is 13.8 Å². The molecule has 0 saturated heterocycles. The molecule has 2 heteroatoms. The third-order valence-corrected chi connectivity index (χ3v) is 2.72. The molecule has 14 heavy (non-hydrogen) atoms. The number of aliphatic hydroxyl groups is 1. The molecule has 0 aromatic rings. The summed E-state index contributed by atoms with van der Waals surface area (Å²) >= 11 is 5.97. The summed E-state index contributed by atoms with van der Waals surface area (Å²) < 4.78 is 0. The lowest BCUT2D eigenvalue weighted by Crippen LogP contribution is -2.17. The van der Waals surface area contributed by atoms with Gasteiger partial charge in [0.2, 0.25) is 0 Å². The van der Waals surface area contributed by atoms with Crippen molar-refractivity contribution in [2.75, 3.05) is 0 Å². The fourth-order valence-electron chi connectivity index (χ4n) is 1.31. The molecule has 0 radical (unpaired) electrons. The van der Waals surface area contributed by atoms with Crippen LogP contribution in [0.4, 0.5) is 0 Å². The molecule has 0 aliphatic carbocycles. The van der Waals surface area contributed by atoms with Gasteiger partial charge in [0.1, 0.15) is 0 Å². The highest BCUT2D eigenvalue weighted by Gasteiger charge is 2.11. The Balaban J connectivity index is 3.53. The Labute approximate surface area is 93.2 Å². The van der Waals surface area contributed by atoms with Crippen molar-refractivity contribution in [2.24, 2.45) is 0 Å². The second-order valence-electron chi connectivity index (χ2n) is 3.72. The van der Waals surface area contributed by atoms with E-state index in [1.165, 1.54) is 19.3 Å². The van der Waals surface area contributed by atoms with Crippen LogP contribution in [0.1, 0.15) is 52.4 Å². The molecule has 0 aliphatic heterocycles. The number of halogens is 1. The van der Waals surface area contributed by atoms with Gasteiger partial charge in [-0.25, -0.2) is 0 Å². The van der Waals surface area contributed by atoms with E-state index in [4.69, 9.17) is 11.6 Å². The Morgan fingerprint density at radius 3 is 2.50 bits per heavy atom. The van der Waals surface area contributed by atoms with Crippen LogP contribution < -0.4 is 0 Å². The molecule has 0 spiro atoms. The van der Waals surface area contributed by atoms with Crippen LogP contribution in [-0.4, -0.2) is 16.6 Å². The quantitative estimate of drug-likeness (QED) is 0.372. The Kier molecular flexibility index (Phi) is 9.53. The van der Waals surface area contributed by atoms with Gasteiger partial charge in [-0.05, 0) is 19.3 Å². The molecule has 2 atom stereocenters. The summed E-state index contributed by atoms with van der Waals surface area (Å²) in [5.74, 6) is 0. The lowest BCUT2D eigenvalue weighted by molar-refractivity contribution is 0.212. The molecule has 84 valence electrons. The summed E-state index contributed by atoms with van der Waals surface area (Å²) in [5, 5.41) is 9.46. The average Bonchev–Trinajstić information content (AvgIpc) is 2.17. The zero-order valence-electron chi connectivity index (χ0n) is 9.38. The number of allylic oxidation sites excluding steroid dienone is 1. The van der Waals surface area contributed by atoms with E-state index in [1.807, 2.05) is 12.2 Å². The number of hydrogen-bond acceptors (Lipinski definition) is 1. The predicted molar refractivity (Wildman–Crippen MR) is 63.8 cm³/mol. The number of alkyl halides is 1. The second kappa shape index (κ2) is 9.54. The molecule has 1 nitrogen and oxygen atoms in total. The zero-order chi connectivity index (χ0) is 10.8. The van der Waals surface area contributed by atoms with Crippen molar-refractivity contribution in [2.45, 2.75) is 63.9 Å². The lowest BCUT2D eigenvalue weighted by Gasteiger charge is -2.11. The monoisotopic (exact) mass is 218 g/mol. The van der Waals surface area contributed by atoms with Gasteiger partial charge in [0.15, 0.2) is 0 Å². The molecule has 0 bridgehead atoms. The summed E-state index contributed by atoms with van der Waals surface area (Å²) in [6.07, 6.45) is 10.1. The van der Waals surface area contributed by atoms with Gasteiger partial charge in [0.25, 0.3) is 0 Å². The van der Waals surface area contributed by atoms with Crippen molar-refractivity contribution in [3.8, 4) is 0 Å². The van der Waals surface area contributed by atoms with Crippen molar-refractivity contribution in [3.05, 3.63) is 12.2 Å². The van der Waals surface area contributed by atoms with Gasteiger partial charge < -0.3 is 5.11 Å². The molecule has 0 aromatic heterocycles. The Bertz CT molecular complexity index is 145. The van der Waals surface area contributed by atoms with Crippen LogP contribution in [0.15, 0.2) is 12.2 Å². The third-order valence-electron chi connectivity index (χ3n) is 2.24. The lowest BCUT2D eigenvalue weighted by atomic mass is 10.1. The van der Waals surface area contributed by atoms with Gasteiger partial charge in [-0.15, -0.1) is 11.6 Å². The first-order valence-corrected chi connectivity index (χ1v) is 6.14. The topological polar surface area (TPSA) is 20.2 Å². The van der Waals surface area contributed by atoms with Crippen LogP contribution in [0.5, 0.6) is 0 Å². The first kappa shape index (κ1) is 14.0. The van der Waals surface area contributed by atoms with Crippen LogP contribution in [0.3, 0.4) is 0 Å². The maximum Gasteiger partial charge on any atom is 0.0884 e. The molecule has 0 fully saturated rings. The summed E-state index contributed by atoms with van der Waals surface area (Å²) in [6, 6.07) is 0. The number of unbranched alkanes of at least 4 members (excludes halogenated alkanes) is 3. The fraction of sp³-hybridized carbons (Fsp3) is 0.833. The van der Waals surface area contributed by atoms with Crippen LogP contribution in [-0.2, 0) is 0 Å². The molecule has 0 heterocycles. The predicted octanol–water partition coefficient (Wildman–Crippen LogP) is 3.89. The van der Waals surface area contributed by atoms with Crippen molar-refractivity contribution in [1.82, 2.24) is 0 Å². The number of hydrogen-bond donors (Lipinski definition) is 1. The molecule has 0 unspecified atom stereocenters. The van der Waals surface area contributed by atoms with Crippen LogP contribution in [0, 0.1) is 0 Å². The van der Waals surface area contributed by atoms with Gasteiger partial charge in [0.05, 0.1) is 11.5 Å². The highest BCUT2D eigenvalue weighted by Crippen LogP contribution is 2.11. The second-order valence-corrected chi connectivity index (χ2v) is 4.28. The highest BCUT2D eigenvalue weighted by molar-refractivity contribution is 6.21. The smallest absolute Gasteiger partial charge is 0.0884 e. The molecule has 0 amide bonds. The van der Waals surface area contributed by atoms with Gasteiger partial charge in [0, 0.05) is 0 Å². The molecule has 1 N–H and O–H groups in total. The van der Waals surface area contributed by atoms with Crippen molar-refractivity contribution >= 4 is 11.6 Å². The Hall–Kier alpha value is -0.0100. The number of aliphatic hydroxyl groups excluding tert-OH is 1. The van der Waals surface area contributed by atoms with E-state index < -0.39 is 6.10 Å². The third kappa shape index (κ3) is 7.40. The van der Waals surface area contributed by atoms with E-state index in [-0.39, 0.29) is 5.38 Å².